The highest BCUT2D eigenvalue weighted by molar-refractivity contribution is 6.09. The van der Waals surface area contributed by atoms with E-state index in [1.54, 1.807) is 24.3 Å². The lowest BCUT2D eigenvalue weighted by Gasteiger charge is -2.01. The molecule has 0 amide bonds. The van der Waals surface area contributed by atoms with Crippen molar-refractivity contribution >= 4 is 5.78 Å². The molecule has 2 nitrogen and oxygen atoms in total. The van der Waals surface area contributed by atoms with Crippen molar-refractivity contribution in [3.8, 4) is 6.07 Å². The maximum Gasteiger partial charge on any atom is 0.193 e. The van der Waals surface area contributed by atoms with Crippen LogP contribution in [0, 0.1) is 18.3 Å². The van der Waals surface area contributed by atoms with Crippen LogP contribution in [-0.2, 0) is 0 Å². The van der Waals surface area contributed by atoms with Crippen LogP contribution < -0.4 is 0 Å². The van der Waals surface area contributed by atoms with E-state index in [2.05, 4.69) is 0 Å². The van der Waals surface area contributed by atoms with Gasteiger partial charge in [0.05, 0.1) is 11.6 Å². The van der Waals surface area contributed by atoms with Gasteiger partial charge in [0.25, 0.3) is 0 Å². The van der Waals surface area contributed by atoms with Gasteiger partial charge in [0.1, 0.15) is 0 Å². The highest BCUT2D eigenvalue weighted by atomic mass is 16.1. The van der Waals surface area contributed by atoms with Gasteiger partial charge in [0.15, 0.2) is 5.78 Å². The lowest BCUT2D eigenvalue weighted by Crippen LogP contribution is -2.00. The molecule has 0 aliphatic carbocycles. The first kappa shape index (κ1) is 14.7. The van der Waals surface area contributed by atoms with Crippen molar-refractivity contribution in [2.45, 2.75) is 20.8 Å². The average molecular weight is 251 g/mol. The maximum absolute atomic E-state index is 12.1. The predicted molar refractivity (Wildman–Crippen MR) is 77.1 cm³/mol. The highest BCUT2D eigenvalue weighted by Gasteiger charge is 2.08. The third-order valence-corrected chi connectivity index (χ3v) is 2.59. The quantitative estimate of drug-likeness (QED) is 0.753. The molecular weight excluding hydrogens is 234 g/mol. The van der Waals surface area contributed by atoms with E-state index in [1.165, 1.54) is 0 Å². The molecule has 0 aliphatic heterocycles. The summed E-state index contributed by atoms with van der Waals surface area (Å²) in [5.41, 5.74) is 2.96. The Morgan fingerprint density at radius 3 is 1.74 bits per heavy atom. The Balaban J connectivity index is 0.000000861. The molecule has 0 bridgehead atoms. The highest BCUT2D eigenvalue weighted by Crippen LogP contribution is 2.11. The summed E-state index contributed by atoms with van der Waals surface area (Å²) >= 11 is 0. The van der Waals surface area contributed by atoms with Gasteiger partial charge in [-0.2, -0.15) is 5.26 Å². The molecule has 2 heteroatoms. The number of nitrogens with zero attached hydrogens (tertiary/aromatic N) is 1. The van der Waals surface area contributed by atoms with Crippen molar-refractivity contribution in [1.82, 2.24) is 0 Å². The fourth-order valence-corrected chi connectivity index (χ4v) is 1.57. The predicted octanol–water partition coefficient (Wildman–Crippen LogP) is 4.12. The van der Waals surface area contributed by atoms with Gasteiger partial charge in [-0.3, -0.25) is 4.79 Å². The first-order chi connectivity index (χ1) is 9.20. The van der Waals surface area contributed by atoms with Crippen LogP contribution in [0.15, 0.2) is 48.5 Å². The molecule has 0 saturated heterocycles. The Morgan fingerprint density at radius 1 is 0.895 bits per heavy atom. The van der Waals surface area contributed by atoms with Crippen LogP contribution in [0.4, 0.5) is 0 Å². The van der Waals surface area contributed by atoms with E-state index in [0.717, 1.165) is 5.56 Å². The monoisotopic (exact) mass is 251 g/mol. The zero-order chi connectivity index (χ0) is 14.3. The van der Waals surface area contributed by atoms with Gasteiger partial charge in [-0.1, -0.05) is 43.7 Å². The number of ketones is 1. The van der Waals surface area contributed by atoms with Crippen molar-refractivity contribution < 1.29 is 4.79 Å². The van der Waals surface area contributed by atoms with Crippen molar-refractivity contribution in [2.75, 3.05) is 0 Å². The molecule has 0 atom stereocenters. The summed E-state index contributed by atoms with van der Waals surface area (Å²) in [5, 5.41) is 8.68. The van der Waals surface area contributed by atoms with Crippen molar-refractivity contribution in [3.63, 3.8) is 0 Å². The third-order valence-electron chi connectivity index (χ3n) is 2.59. The van der Waals surface area contributed by atoms with Crippen LogP contribution in [0.5, 0.6) is 0 Å². The van der Waals surface area contributed by atoms with Crippen LogP contribution in [0.3, 0.4) is 0 Å². The van der Waals surface area contributed by atoms with Gasteiger partial charge >= 0.3 is 0 Å². The fraction of sp³-hybridized carbons (Fsp3) is 0.176. The third kappa shape index (κ3) is 3.79. The standard InChI is InChI=1S/C15H11NO.C2H6/c1-11-2-6-13(7-3-11)15(17)14-8-4-12(10-16)5-9-14;1-2/h2-9H,1H3;1-2H3. The van der Waals surface area contributed by atoms with Crippen LogP contribution in [0.25, 0.3) is 0 Å². The smallest absolute Gasteiger partial charge is 0.193 e. The van der Waals surface area contributed by atoms with Gasteiger partial charge in [-0.25, -0.2) is 0 Å². The van der Waals surface area contributed by atoms with E-state index >= 15 is 0 Å². The maximum atomic E-state index is 12.1. The van der Waals surface area contributed by atoms with Crippen LogP contribution in [-0.4, -0.2) is 5.78 Å². The molecule has 19 heavy (non-hydrogen) atoms. The summed E-state index contributed by atoms with van der Waals surface area (Å²) < 4.78 is 0. The van der Waals surface area contributed by atoms with E-state index in [1.807, 2.05) is 51.1 Å². The first-order valence-electron chi connectivity index (χ1n) is 6.32. The molecule has 0 fully saturated rings. The molecule has 0 unspecified atom stereocenters. The number of rotatable bonds is 2. The number of carbonyl (C=O) groups excluding carboxylic acids is 1. The molecule has 2 rings (SSSR count). The normalized spacial score (nSPS) is 8.95. The Hall–Kier alpha value is -2.40. The van der Waals surface area contributed by atoms with E-state index in [9.17, 15) is 4.79 Å². The van der Waals surface area contributed by atoms with Crippen molar-refractivity contribution in [2.24, 2.45) is 0 Å². The molecule has 0 aromatic heterocycles. The number of carbonyl (C=O) groups is 1. The molecular formula is C17H17NO. The molecule has 2 aromatic rings. The zero-order valence-corrected chi connectivity index (χ0v) is 11.5. The first-order valence-corrected chi connectivity index (χ1v) is 6.32. The summed E-state index contributed by atoms with van der Waals surface area (Å²) in [6.45, 7) is 5.98. The summed E-state index contributed by atoms with van der Waals surface area (Å²) in [5.74, 6) is -0.0190. The van der Waals surface area contributed by atoms with Gasteiger partial charge < -0.3 is 0 Å². The Morgan fingerprint density at radius 2 is 1.32 bits per heavy atom. The molecule has 2 aromatic carbocycles. The van der Waals surface area contributed by atoms with Gasteiger partial charge in [0.2, 0.25) is 0 Å². The molecule has 96 valence electrons. The molecule has 0 spiro atoms. The SMILES string of the molecule is CC.Cc1ccc(C(=O)c2ccc(C#N)cc2)cc1. The largest absolute Gasteiger partial charge is 0.289 e. The Kier molecular flexibility index (Phi) is 5.50. The average Bonchev–Trinajstić information content (AvgIpc) is 2.49. The van der Waals surface area contributed by atoms with Crippen LogP contribution in [0.2, 0.25) is 0 Å². The number of benzene rings is 2. The van der Waals surface area contributed by atoms with Crippen LogP contribution >= 0.6 is 0 Å². The molecule has 0 radical (unpaired) electrons. The second kappa shape index (κ2) is 7.13. The zero-order valence-electron chi connectivity index (χ0n) is 11.5. The lowest BCUT2D eigenvalue weighted by atomic mass is 10.0. The van der Waals surface area contributed by atoms with E-state index in [4.69, 9.17) is 5.26 Å². The van der Waals surface area contributed by atoms with Crippen molar-refractivity contribution in [1.29, 1.82) is 5.26 Å². The minimum absolute atomic E-state index is 0.0190. The number of hydrogen-bond acceptors (Lipinski definition) is 2. The summed E-state index contributed by atoms with van der Waals surface area (Å²) in [6, 6.07) is 16.2. The number of nitriles is 1. The lowest BCUT2D eigenvalue weighted by molar-refractivity contribution is 0.103. The van der Waals surface area contributed by atoms with Gasteiger partial charge in [0, 0.05) is 11.1 Å². The van der Waals surface area contributed by atoms with Gasteiger partial charge in [-0.15, -0.1) is 0 Å². The minimum atomic E-state index is -0.0190. The van der Waals surface area contributed by atoms with Crippen LogP contribution in [0.1, 0.15) is 40.9 Å². The molecule has 0 aliphatic rings. The van der Waals surface area contributed by atoms with Crippen molar-refractivity contribution in [3.05, 3.63) is 70.8 Å². The Bertz CT molecular complexity index is 574. The minimum Gasteiger partial charge on any atom is -0.289 e. The second-order valence-electron chi connectivity index (χ2n) is 3.88. The molecule has 0 N–H and O–H groups in total. The molecule has 0 heterocycles. The van der Waals surface area contributed by atoms with E-state index < -0.39 is 0 Å². The fourth-order valence-electron chi connectivity index (χ4n) is 1.57. The Labute approximate surface area is 114 Å². The topological polar surface area (TPSA) is 40.9 Å². The van der Waals surface area contributed by atoms with E-state index in [0.29, 0.717) is 16.7 Å². The summed E-state index contributed by atoms with van der Waals surface area (Å²) in [4.78, 5) is 12.1. The molecule has 0 saturated carbocycles. The van der Waals surface area contributed by atoms with E-state index in [-0.39, 0.29) is 5.78 Å². The second-order valence-corrected chi connectivity index (χ2v) is 3.88. The van der Waals surface area contributed by atoms with Gasteiger partial charge in [-0.05, 0) is 31.2 Å². The summed E-state index contributed by atoms with van der Waals surface area (Å²) in [6.07, 6.45) is 0. The summed E-state index contributed by atoms with van der Waals surface area (Å²) in [7, 11) is 0. The number of hydrogen-bond donors (Lipinski definition) is 0. The number of aryl methyl sites for hydroxylation is 1.